The number of benzene rings is 3. The highest BCUT2D eigenvalue weighted by Crippen LogP contribution is 2.49. The molecular formula is C46H54N6O8S. The van der Waals surface area contributed by atoms with Crippen LogP contribution in [0.15, 0.2) is 97.6 Å². The third-order valence-corrected chi connectivity index (χ3v) is 14.1. The molecule has 1 saturated heterocycles. The number of amides is 5. The van der Waals surface area contributed by atoms with Crippen molar-refractivity contribution in [1.29, 1.82) is 0 Å². The summed E-state index contributed by atoms with van der Waals surface area (Å²) < 4.78 is 41.1. The molecule has 15 heteroatoms. The number of hydrogen-bond donors (Lipinski definition) is 4. The van der Waals surface area contributed by atoms with Gasteiger partial charge in [0.1, 0.15) is 35.2 Å². The maximum absolute atomic E-state index is 14.7. The van der Waals surface area contributed by atoms with Crippen molar-refractivity contribution >= 4 is 44.7 Å². The molecule has 14 nitrogen and oxygen atoms in total. The van der Waals surface area contributed by atoms with Gasteiger partial charge in [-0.3, -0.25) is 19.1 Å². The SMILES string of the molecule is C=C[C@@H]1C[C@]1(NC(=O)[C@@H]1C[C@@H](Oc2cc(-c3ccccc3)nc3cc(OC)ccc23)CN1C(=O)[C@@H](NC(=O)NCC)C(C)(C)C)C(=O)NS(=O)(=O)C1(Cc2ccccc2)CC1. The highest BCUT2D eigenvalue weighted by molar-refractivity contribution is 7.91. The number of urea groups is 1. The topological polar surface area (TPSA) is 185 Å². The molecule has 3 aliphatic rings. The first kappa shape index (κ1) is 43.1. The molecule has 4 aromatic rings. The lowest BCUT2D eigenvalue weighted by Crippen LogP contribution is -2.61. The van der Waals surface area contributed by atoms with E-state index in [1.165, 1.54) is 11.0 Å². The Hall–Kier alpha value is -5.96. The molecule has 5 atom stereocenters. The minimum Gasteiger partial charge on any atom is -0.497 e. The average molecular weight is 851 g/mol. The number of ether oxygens (including phenoxy) is 2. The van der Waals surface area contributed by atoms with E-state index in [1.807, 2.05) is 93.6 Å². The van der Waals surface area contributed by atoms with Crippen LogP contribution in [0, 0.1) is 11.3 Å². The van der Waals surface area contributed by atoms with Gasteiger partial charge in [-0.15, -0.1) is 6.58 Å². The van der Waals surface area contributed by atoms with Gasteiger partial charge in [0.2, 0.25) is 21.8 Å². The summed E-state index contributed by atoms with van der Waals surface area (Å²) in [7, 11) is -2.59. The molecule has 3 fully saturated rings. The second-order valence-corrected chi connectivity index (χ2v) is 19.4. The van der Waals surface area contributed by atoms with Gasteiger partial charge in [0, 0.05) is 42.0 Å². The fraction of sp³-hybridized carbons (Fsp3) is 0.413. The summed E-state index contributed by atoms with van der Waals surface area (Å²) in [4.78, 5) is 62.7. The number of sulfonamides is 1. The van der Waals surface area contributed by atoms with Crippen molar-refractivity contribution in [2.24, 2.45) is 11.3 Å². The predicted molar refractivity (Wildman–Crippen MR) is 232 cm³/mol. The van der Waals surface area contributed by atoms with E-state index in [1.54, 1.807) is 26.2 Å². The van der Waals surface area contributed by atoms with E-state index in [9.17, 15) is 27.6 Å². The van der Waals surface area contributed by atoms with Gasteiger partial charge in [-0.25, -0.2) is 18.2 Å². The quantitative estimate of drug-likeness (QED) is 0.116. The zero-order valence-corrected chi connectivity index (χ0v) is 36.0. The highest BCUT2D eigenvalue weighted by atomic mass is 32.2. The molecule has 0 spiro atoms. The van der Waals surface area contributed by atoms with Gasteiger partial charge < -0.3 is 30.3 Å². The van der Waals surface area contributed by atoms with Crippen LogP contribution in [0.1, 0.15) is 58.9 Å². The number of methoxy groups -OCH3 is 1. The van der Waals surface area contributed by atoms with Gasteiger partial charge in [-0.05, 0) is 55.7 Å². The molecule has 1 aromatic heterocycles. The Labute approximate surface area is 356 Å². The Kier molecular flexibility index (Phi) is 11.9. The first-order chi connectivity index (χ1) is 29.0. The van der Waals surface area contributed by atoms with E-state index in [0.717, 1.165) is 11.1 Å². The van der Waals surface area contributed by atoms with Crippen LogP contribution in [0.4, 0.5) is 4.79 Å². The number of rotatable bonds is 15. The Morgan fingerprint density at radius 3 is 2.30 bits per heavy atom. The lowest BCUT2D eigenvalue weighted by molar-refractivity contribution is -0.142. The highest BCUT2D eigenvalue weighted by Gasteiger charge is 2.63. The summed E-state index contributed by atoms with van der Waals surface area (Å²) >= 11 is 0. The third kappa shape index (κ3) is 8.93. The van der Waals surface area contributed by atoms with Gasteiger partial charge in [-0.1, -0.05) is 87.5 Å². The van der Waals surface area contributed by atoms with Gasteiger partial charge in [-0.2, -0.15) is 0 Å². The second kappa shape index (κ2) is 16.8. The van der Waals surface area contributed by atoms with Gasteiger partial charge in [0.25, 0.3) is 5.91 Å². The van der Waals surface area contributed by atoms with E-state index in [-0.39, 0.29) is 25.8 Å². The lowest BCUT2D eigenvalue weighted by atomic mass is 9.85. The van der Waals surface area contributed by atoms with Crippen molar-refractivity contribution < 1.29 is 37.1 Å². The average Bonchev–Trinajstić information content (AvgIpc) is 4.14. The monoisotopic (exact) mass is 850 g/mol. The summed E-state index contributed by atoms with van der Waals surface area (Å²) in [5.41, 5.74) is 0.533. The van der Waals surface area contributed by atoms with Crippen LogP contribution < -0.4 is 30.1 Å². The number of pyridine rings is 1. The maximum Gasteiger partial charge on any atom is 0.315 e. The number of aromatic nitrogens is 1. The summed E-state index contributed by atoms with van der Waals surface area (Å²) in [5, 5.41) is 9.04. The molecule has 1 aliphatic heterocycles. The molecule has 3 aromatic carbocycles. The summed E-state index contributed by atoms with van der Waals surface area (Å²) in [6.45, 7) is 11.3. The first-order valence-corrected chi connectivity index (χ1v) is 22.1. The summed E-state index contributed by atoms with van der Waals surface area (Å²) in [6, 6.07) is 23.3. The second-order valence-electron chi connectivity index (χ2n) is 17.3. The fourth-order valence-corrected chi connectivity index (χ4v) is 9.81. The first-order valence-electron chi connectivity index (χ1n) is 20.6. The zero-order valence-electron chi connectivity index (χ0n) is 35.2. The number of nitrogens with zero attached hydrogens (tertiary/aromatic N) is 2. The van der Waals surface area contributed by atoms with Crippen molar-refractivity contribution in [1.82, 2.24) is 30.6 Å². The van der Waals surface area contributed by atoms with E-state index >= 15 is 0 Å². The van der Waals surface area contributed by atoms with Crippen molar-refractivity contribution in [3.05, 3.63) is 103 Å². The minimum atomic E-state index is -4.16. The Balaban J connectivity index is 1.19. The van der Waals surface area contributed by atoms with Crippen molar-refractivity contribution in [3.8, 4) is 22.8 Å². The third-order valence-electron chi connectivity index (χ3n) is 11.9. The molecule has 5 amide bonds. The number of likely N-dealkylation sites (tertiary alicyclic amines) is 1. The maximum atomic E-state index is 14.7. The Morgan fingerprint density at radius 2 is 1.69 bits per heavy atom. The number of fused-ring (bicyclic) bond motifs is 1. The molecule has 7 rings (SSSR count). The Bertz CT molecular complexity index is 2440. The molecule has 0 unspecified atom stereocenters. The molecule has 0 bridgehead atoms. The van der Waals surface area contributed by atoms with Crippen molar-refractivity contribution in [2.75, 3.05) is 20.2 Å². The van der Waals surface area contributed by atoms with E-state index in [0.29, 0.717) is 47.5 Å². The van der Waals surface area contributed by atoms with Crippen LogP contribution in [0.5, 0.6) is 11.5 Å². The van der Waals surface area contributed by atoms with Gasteiger partial charge >= 0.3 is 6.03 Å². The van der Waals surface area contributed by atoms with Crippen LogP contribution >= 0.6 is 0 Å². The van der Waals surface area contributed by atoms with Crippen LogP contribution in [-0.4, -0.2) is 90.7 Å². The largest absolute Gasteiger partial charge is 0.497 e. The lowest BCUT2D eigenvalue weighted by Gasteiger charge is -2.35. The number of carbonyl (C=O) groups excluding carboxylic acids is 4. The van der Waals surface area contributed by atoms with Crippen LogP contribution in [-0.2, 0) is 30.8 Å². The molecule has 322 valence electrons. The molecule has 2 heterocycles. The van der Waals surface area contributed by atoms with E-state index in [2.05, 4.69) is 27.3 Å². The number of hydrogen-bond acceptors (Lipinski definition) is 9. The van der Waals surface area contributed by atoms with Gasteiger partial charge in [0.15, 0.2) is 0 Å². The van der Waals surface area contributed by atoms with Crippen molar-refractivity contribution in [2.45, 2.75) is 88.3 Å². The van der Waals surface area contributed by atoms with E-state index < -0.39 is 73.6 Å². The molecule has 2 saturated carbocycles. The molecular weight excluding hydrogens is 797 g/mol. The molecule has 0 radical (unpaired) electrons. The molecule has 61 heavy (non-hydrogen) atoms. The number of carbonyl (C=O) groups is 4. The normalized spacial score (nSPS) is 22.0. The minimum absolute atomic E-state index is 0.0190. The fourth-order valence-electron chi connectivity index (χ4n) is 8.18. The summed E-state index contributed by atoms with van der Waals surface area (Å²) in [6.07, 6.45) is 1.95. The van der Waals surface area contributed by atoms with Gasteiger partial charge in [0.05, 0.1) is 29.6 Å². The van der Waals surface area contributed by atoms with Crippen LogP contribution in [0.3, 0.4) is 0 Å². The van der Waals surface area contributed by atoms with E-state index in [4.69, 9.17) is 14.5 Å². The smallest absolute Gasteiger partial charge is 0.315 e. The predicted octanol–water partition coefficient (Wildman–Crippen LogP) is 5.27. The zero-order chi connectivity index (χ0) is 43.7. The van der Waals surface area contributed by atoms with Crippen LogP contribution in [0.2, 0.25) is 0 Å². The number of nitrogens with one attached hydrogen (secondary N) is 4. The molecule has 2 aliphatic carbocycles. The summed E-state index contributed by atoms with van der Waals surface area (Å²) in [5.74, 6) is -1.53. The standard InChI is InChI=1S/C46H54N6O8S/c1-7-31-27-46(31,42(55)51-61(57,58)45(21-22-45)26-29-15-11-9-12-16-29)50-40(53)37-24-33(28-52(37)41(54)39(44(3,4)5)49-43(56)47-8-2)60-38-25-35(30-17-13-10-14-18-30)48-36-23-32(59-6)19-20-34(36)38/h7,9-20,23,25,31,33,37,39H,1,8,21-22,24,26-28H2,2-6H3,(H,50,53)(H,51,55)(H2,47,49,56)/t31-,33-,37+,39-,46-/m1/s1. The Morgan fingerprint density at radius 1 is 1.00 bits per heavy atom. The molecule has 4 N–H and O–H groups in total. The van der Waals surface area contributed by atoms with Crippen LogP contribution in [0.25, 0.3) is 22.2 Å². The van der Waals surface area contributed by atoms with Crippen molar-refractivity contribution in [3.63, 3.8) is 0 Å².